The summed E-state index contributed by atoms with van der Waals surface area (Å²) in [6.45, 7) is 3.72. The van der Waals surface area contributed by atoms with Crippen LogP contribution in [-0.4, -0.2) is 51.7 Å². The second-order valence-corrected chi connectivity index (χ2v) is 6.56. The number of sulfonamides is 1. The van der Waals surface area contributed by atoms with Gasteiger partial charge in [0.05, 0.1) is 31.1 Å². The van der Waals surface area contributed by atoms with Crippen molar-refractivity contribution >= 4 is 21.9 Å². The van der Waals surface area contributed by atoms with Crippen LogP contribution in [0.1, 0.15) is 20.3 Å². The van der Waals surface area contributed by atoms with E-state index in [-0.39, 0.29) is 23.6 Å². The van der Waals surface area contributed by atoms with E-state index in [2.05, 4.69) is 10.0 Å². The van der Waals surface area contributed by atoms with Crippen LogP contribution in [0.5, 0.6) is 11.5 Å². The van der Waals surface area contributed by atoms with E-state index in [1.54, 1.807) is 13.8 Å². The smallest absolute Gasteiger partial charge is 0.305 e. The molecule has 25 heavy (non-hydrogen) atoms. The zero-order valence-corrected chi connectivity index (χ0v) is 14.9. The molecule has 10 heteroatoms. The monoisotopic (exact) mass is 374 g/mol. The first-order chi connectivity index (χ1) is 11.8. The minimum absolute atomic E-state index is 0.0715. The summed E-state index contributed by atoms with van der Waals surface area (Å²) in [5.41, 5.74) is 0. The van der Waals surface area contributed by atoms with Crippen LogP contribution in [0.15, 0.2) is 23.1 Å². The van der Waals surface area contributed by atoms with Gasteiger partial charge in [0.2, 0.25) is 15.9 Å². The summed E-state index contributed by atoms with van der Waals surface area (Å²) in [5, 5.41) is 10.8. The number of carbonyl (C=O) groups is 2. The fourth-order valence-corrected chi connectivity index (χ4v) is 2.81. The largest absolute Gasteiger partial charge is 0.490 e. The van der Waals surface area contributed by atoms with Gasteiger partial charge in [0.1, 0.15) is 0 Å². The minimum Gasteiger partial charge on any atom is -0.490 e. The van der Waals surface area contributed by atoms with Crippen LogP contribution in [0.2, 0.25) is 0 Å². The standard InChI is InChI=1S/C15H22N2O7S/c1-3-23-12-6-5-11(9-13(12)24-4-2)25(21,22)17-10-14(18)16-8-7-15(19)20/h5-6,9,17H,3-4,7-8,10H2,1-2H3,(H,16,18)(H,19,20). The lowest BCUT2D eigenvalue weighted by Gasteiger charge is -2.13. The Morgan fingerprint density at radius 1 is 1.12 bits per heavy atom. The summed E-state index contributed by atoms with van der Waals surface area (Å²) in [5.74, 6) is -0.965. The van der Waals surface area contributed by atoms with E-state index in [0.29, 0.717) is 19.0 Å². The van der Waals surface area contributed by atoms with Crippen molar-refractivity contribution in [2.75, 3.05) is 26.3 Å². The predicted molar refractivity (Wildman–Crippen MR) is 89.2 cm³/mol. The number of carboxylic acids is 1. The summed E-state index contributed by atoms with van der Waals surface area (Å²) < 4.78 is 37.4. The molecule has 0 saturated heterocycles. The highest BCUT2D eigenvalue weighted by molar-refractivity contribution is 7.89. The molecule has 0 saturated carbocycles. The molecule has 0 heterocycles. The Balaban J connectivity index is 2.75. The van der Waals surface area contributed by atoms with E-state index in [1.165, 1.54) is 18.2 Å². The maximum Gasteiger partial charge on any atom is 0.305 e. The maximum absolute atomic E-state index is 12.3. The number of carboxylic acid groups (broad SMARTS) is 1. The lowest BCUT2D eigenvalue weighted by molar-refractivity contribution is -0.136. The lowest BCUT2D eigenvalue weighted by Crippen LogP contribution is -2.37. The summed E-state index contributed by atoms with van der Waals surface area (Å²) in [7, 11) is -3.93. The van der Waals surface area contributed by atoms with E-state index in [9.17, 15) is 18.0 Å². The number of amides is 1. The van der Waals surface area contributed by atoms with Gasteiger partial charge in [0.15, 0.2) is 11.5 Å². The van der Waals surface area contributed by atoms with Crippen molar-refractivity contribution in [1.82, 2.24) is 10.0 Å². The molecular weight excluding hydrogens is 352 g/mol. The third-order valence-corrected chi connectivity index (χ3v) is 4.31. The molecule has 0 fully saturated rings. The third-order valence-electron chi connectivity index (χ3n) is 2.91. The van der Waals surface area contributed by atoms with Gasteiger partial charge in [-0.15, -0.1) is 0 Å². The number of rotatable bonds is 11. The average Bonchev–Trinajstić information content (AvgIpc) is 2.54. The molecule has 0 bridgehead atoms. The molecule has 0 aliphatic heterocycles. The van der Waals surface area contributed by atoms with Crippen LogP contribution in [0.3, 0.4) is 0 Å². The molecule has 0 radical (unpaired) electrons. The van der Waals surface area contributed by atoms with E-state index in [0.717, 1.165) is 0 Å². The van der Waals surface area contributed by atoms with Crippen molar-refractivity contribution in [3.05, 3.63) is 18.2 Å². The van der Waals surface area contributed by atoms with Crippen molar-refractivity contribution in [2.45, 2.75) is 25.2 Å². The lowest BCUT2D eigenvalue weighted by atomic mass is 10.3. The van der Waals surface area contributed by atoms with Gasteiger partial charge >= 0.3 is 5.97 Å². The maximum atomic E-state index is 12.3. The van der Waals surface area contributed by atoms with Gasteiger partial charge in [-0.2, -0.15) is 0 Å². The number of hydrogen-bond acceptors (Lipinski definition) is 6. The first-order valence-corrected chi connectivity index (χ1v) is 9.16. The molecule has 0 spiro atoms. The Kier molecular flexibility index (Phi) is 8.16. The Bertz CT molecular complexity index is 704. The van der Waals surface area contributed by atoms with E-state index < -0.39 is 28.4 Å². The molecular formula is C15H22N2O7S. The van der Waals surface area contributed by atoms with Crippen molar-refractivity contribution in [3.8, 4) is 11.5 Å². The number of nitrogens with one attached hydrogen (secondary N) is 2. The van der Waals surface area contributed by atoms with Crippen molar-refractivity contribution < 1.29 is 32.6 Å². The number of ether oxygens (including phenoxy) is 2. The normalized spacial score (nSPS) is 11.0. The molecule has 1 rings (SSSR count). The number of benzene rings is 1. The Morgan fingerprint density at radius 3 is 2.36 bits per heavy atom. The van der Waals surface area contributed by atoms with E-state index >= 15 is 0 Å². The topological polar surface area (TPSA) is 131 Å². The number of hydrogen-bond donors (Lipinski definition) is 3. The van der Waals surface area contributed by atoms with Gasteiger partial charge in [-0.25, -0.2) is 13.1 Å². The van der Waals surface area contributed by atoms with Crippen LogP contribution in [0, 0.1) is 0 Å². The zero-order chi connectivity index (χ0) is 18.9. The third kappa shape index (κ3) is 6.98. The molecule has 1 aromatic rings. The van der Waals surface area contributed by atoms with Crippen LogP contribution in [0.25, 0.3) is 0 Å². The van der Waals surface area contributed by atoms with Crippen LogP contribution >= 0.6 is 0 Å². The summed E-state index contributed by atoms with van der Waals surface area (Å²) >= 11 is 0. The summed E-state index contributed by atoms with van der Waals surface area (Å²) in [6, 6.07) is 4.15. The van der Waals surface area contributed by atoms with E-state index in [4.69, 9.17) is 14.6 Å². The van der Waals surface area contributed by atoms with Crippen LogP contribution < -0.4 is 19.5 Å². The second-order valence-electron chi connectivity index (χ2n) is 4.79. The fourth-order valence-electron chi connectivity index (χ4n) is 1.81. The fraction of sp³-hybridized carbons (Fsp3) is 0.467. The quantitative estimate of drug-likeness (QED) is 0.509. The van der Waals surface area contributed by atoms with Gasteiger partial charge < -0.3 is 19.9 Å². The molecule has 0 aliphatic rings. The van der Waals surface area contributed by atoms with Gasteiger partial charge in [-0.05, 0) is 26.0 Å². The molecule has 140 valence electrons. The highest BCUT2D eigenvalue weighted by Crippen LogP contribution is 2.30. The first kappa shape index (κ1) is 20.7. The molecule has 1 amide bonds. The first-order valence-electron chi connectivity index (χ1n) is 7.68. The second kappa shape index (κ2) is 9.84. The predicted octanol–water partition coefficient (Wildman–Crippen LogP) is 0.353. The molecule has 9 nitrogen and oxygen atoms in total. The Morgan fingerprint density at radius 2 is 1.76 bits per heavy atom. The molecule has 0 aliphatic carbocycles. The molecule has 0 aromatic heterocycles. The average molecular weight is 374 g/mol. The highest BCUT2D eigenvalue weighted by Gasteiger charge is 2.18. The van der Waals surface area contributed by atoms with E-state index in [1.807, 2.05) is 0 Å². The van der Waals surface area contributed by atoms with Crippen LogP contribution in [0.4, 0.5) is 0 Å². The van der Waals surface area contributed by atoms with Crippen molar-refractivity contribution in [2.24, 2.45) is 0 Å². The number of aliphatic carboxylic acids is 1. The Hall–Kier alpha value is -2.33. The molecule has 0 unspecified atom stereocenters. The number of carbonyl (C=O) groups excluding carboxylic acids is 1. The molecule has 3 N–H and O–H groups in total. The zero-order valence-electron chi connectivity index (χ0n) is 14.1. The van der Waals surface area contributed by atoms with Crippen LogP contribution in [-0.2, 0) is 19.6 Å². The van der Waals surface area contributed by atoms with Crippen molar-refractivity contribution in [1.29, 1.82) is 0 Å². The molecule has 1 aromatic carbocycles. The summed E-state index contributed by atoms with van der Waals surface area (Å²) in [6.07, 6.45) is -0.241. The van der Waals surface area contributed by atoms with Gasteiger partial charge in [-0.1, -0.05) is 0 Å². The molecule has 0 atom stereocenters. The van der Waals surface area contributed by atoms with Gasteiger partial charge in [0, 0.05) is 12.6 Å². The SMILES string of the molecule is CCOc1ccc(S(=O)(=O)NCC(=O)NCCC(=O)O)cc1OCC. The van der Waals surface area contributed by atoms with Crippen molar-refractivity contribution in [3.63, 3.8) is 0 Å². The minimum atomic E-state index is -3.93. The van der Waals surface area contributed by atoms with Gasteiger partial charge in [0.25, 0.3) is 0 Å². The summed E-state index contributed by atoms with van der Waals surface area (Å²) in [4.78, 5) is 21.8. The Labute approximate surface area is 146 Å². The highest BCUT2D eigenvalue weighted by atomic mass is 32.2. The van der Waals surface area contributed by atoms with Gasteiger partial charge in [-0.3, -0.25) is 9.59 Å².